The van der Waals surface area contributed by atoms with Gasteiger partial charge in [0, 0.05) is 28.2 Å². The Kier molecular flexibility index (Phi) is 6.02. The molecule has 0 aromatic heterocycles. The Morgan fingerprint density at radius 3 is 2.48 bits per heavy atom. The van der Waals surface area contributed by atoms with E-state index in [0.29, 0.717) is 11.1 Å². The zero-order chi connectivity index (χ0) is 20.4. The average molecular weight is 410 g/mol. The molecule has 5 heteroatoms. The van der Waals surface area contributed by atoms with Gasteiger partial charge < -0.3 is 5.32 Å². The molecule has 1 aliphatic carbocycles. The number of aliphatic imine (C=N–C) groups is 1. The van der Waals surface area contributed by atoms with E-state index in [1.54, 1.807) is 0 Å². The van der Waals surface area contributed by atoms with Crippen molar-refractivity contribution in [3.05, 3.63) is 64.7 Å². The van der Waals surface area contributed by atoms with Gasteiger partial charge in [0.1, 0.15) is 0 Å². The lowest BCUT2D eigenvalue weighted by Crippen LogP contribution is -2.52. The lowest BCUT2D eigenvalue weighted by atomic mass is 9.93. The predicted molar refractivity (Wildman–Crippen MR) is 120 cm³/mol. The molecule has 2 aromatic rings. The molecule has 1 fully saturated rings. The van der Waals surface area contributed by atoms with E-state index in [4.69, 9.17) is 16.6 Å². The van der Waals surface area contributed by atoms with Crippen molar-refractivity contribution in [2.75, 3.05) is 5.32 Å². The van der Waals surface area contributed by atoms with Crippen LogP contribution >= 0.6 is 11.6 Å². The third-order valence-corrected chi connectivity index (χ3v) is 6.14. The molecule has 1 amide bonds. The molecule has 1 unspecified atom stereocenters. The third kappa shape index (κ3) is 4.24. The van der Waals surface area contributed by atoms with E-state index in [1.165, 1.54) is 19.3 Å². The first-order valence-electron chi connectivity index (χ1n) is 10.6. The van der Waals surface area contributed by atoms with Crippen molar-refractivity contribution in [2.45, 2.75) is 64.2 Å². The fourth-order valence-electron chi connectivity index (χ4n) is 4.58. The van der Waals surface area contributed by atoms with Crippen molar-refractivity contribution in [1.29, 1.82) is 0 Å². The van der Waals surface area contributed by atoms with Crippen LogP contribution in [0.2, 0.25) is 5.02 Å². The number of rotatable bonds is 4. The van der Waals surface area contributed by atoms with Gasteiger partial charge in [-0.25, -0.2) is 0 Å². The largest absolute Gasteiger partial charge is 0.322 e. The average Bonchev–Trinajstić information content (AvgIpc) is 2.86. The van der Waals surface area contributed by atoms with Crippen LogP contribution in [-0.4, -0.2) is 34.8 Å². The van der Waals surface area contributed by atoms with Crippen molar-refractivity contribution in [3.63, 3.8) is 0 Å². The smallest absolute Gasteiger partial charge is 0.264 e. The molecule has 4 rings (SSSR count). The number of halogens is 1. The van der Waals surface area contributed by atoms with Gasteiger partial charge in [0.2, 0.25) is 0 Å². The van der Waals surface area contributed by atoms with Gasteiger partial charge in [-0.3, -0.25) is 14.7 Å². The van der Waals surface area contributed by atoms with Crippen molar-refractivity contribution in [3.8, 4) is 0 Å². The summed E-state index contributed by atoms with van der Waals surface area (Å²) in [7, 11) is 0. The third-order valence-electron chi connectivity index (χ3n) is 5.90. The highest BCUT2D eigenvalue weighted by molar-refractivity contribution is 6.32. The first kappa shape index (κ1) is 20.1. The topological polar surface area (TPSA) is 44.7 Å². The number of anilines is 1. The number of nitrogens with one attached hydrogen (secondary N) is 1. The lowest BCUT2D eigenvalue weighted by molar-refractivity contribution is -0.123. The van der Waals surface area contributed by atoms with E-state index in [1.807, 2.05) is 48.5 Å². The van der Waals surface area contributed by atoms with E-state index >= 15 is 0 Å². The number of fused-ring (bicyclic) bond motifs is 1. The molecule has 1 atom stereocenters. The number of amides is 1. The van der Waals surface area contributed by atoms with Gasteiger partial charge in [0.15, 0.2) is 6.17 Å². The standard InChI is InChI=1S/C24H28ClN3O/c1-16(2)28(19-11-7-4-8-12-19)23-24(29)26-21-14-13-18(25)15-20(21)22(27-23)17-9-5-3-6-10-17/h3,5-6,9-10,13-16,19,23H,4,7-8,11-12H2,1-2H3,(H,26,29). The fraction of sp³-hybridized carbons (Fsp3) is 0.417. The molecular formula is C24H28ClN3O. The quantitative estimate of drug-likeness (QED) is 0.724. The van der Waals surface area contributed by atoms with Crippen LogP contribution in [0.3, 0.4) is 0 Å². The van der Waals surface area contributed by atoms with E-state index < -0.39 is 6.17 Å². The first-order chi connectivity index (χ1) is 14.0. The Morgan fingerprint density at radius 2 is 1.79 bits per heavy atom. The number of hydrogen-bond acceptors (Lipinski definition) is 3. The van der Waals surface area contributed by atoms with Gasteiger partial charge in [-0.05, 0) is 44.9 Å². The summed E-state index contributed by atoms with van der Waals surface area (Å²) in [5.74, 6) is -0.0706. The summed E-state index contributed by atoms with van der Waals surface area (Å²) in [5.41, 5.74) is 3.43. The second-order valence-electron chi connectivity index (χ2n) is 8.23. The van der Waals surface area contributed by atoms with Gasteiger partial charge in [0.05, 0.1) is 11.4 Å². The lowest BCUT2D eigenvalue weighted by Gasteiger charge is -2.40. The molecule has 152 valence electrons. The Morgan fingerprint density at radius 1 is 1.07 bits per heavy atom. The summed E-state index contributed by atoms with van der Waals surface area (Å²) in [6.45, 7) is 4.32. The Balaban J connectivity index is 1.84. The molecule has 0 bridgehead atoms. The van der Waals surface area contributed by atoms with E-state index in [2.05, 4.69) is 24.1 Å². The molecule has 29 heavy (non-hydrogen) atoms. The first-order valence-corrected chi connectivity index (χ1v) is 10.9. The second kappa shape index (κ2) is 8.68. The molecule has 1 heterocycles. The number of carbonyl (C=O) groups excluding carboxylic acids is 1. The van der Waals surface area contributed by atoms with E-state index in [-0.39, 0.29) is 11.9 Å². The second-order valence-corrected chi connectivity index (χ2v) is 8.67. The van der Waals surface area contributed by atoms with Crippen LogP contribution in [0.25, 0.3) is 0 Å². The highest BCUT2D eigenvalue weighted by Crippen LogP contribution is 2.31. The fourth-order valence-corrected chi connectivity index (χ4v) is 4.75. The molecule has 0 spiro atoms. The Labute approximate surface area is 178 Å². The predicted octanol–water partition coefficient (Wildman–Crippen LogP) is 5.50. The molecule has 1 aliphatic heterocycles. The van der Waals surface area contributed by atoms with Crippen LogP contribution in [0, 0.1) is 0 Å². The van der Waals surface area contributed by atoms with Crippen LogP contribution in [0.1, 0.15) is 57.1 Å². The maximum absolute atomic E-state index is 13.3. The van der Waals surface area contributed by atoms with E-state index in [0.717, 1.165) is 35.4 Å². The van der Waals surface area contributed by atoms with E-state index in [9.17, 15) is 4.79 Å². The van der Waals surface area contributed by atoms with Crippen LogP contribution in [-0.2, 0) is 4.79 Å². The van der Waals surface area contributed by atoms with Crippen LogP contribution in [0.5, 0.6) is 0 Å². The SMILES string of the molecule is CC(C)N(C1CCCCC1)C1N=C(c2ccccc2)c2cc(Cl)ccc2NC1=O. The Bertz CT molecular complexity index is 904. The van der Waals surface area contributed by atoms with Crippen molar-refractivity contribution in [2.24, 2.45) is 4.99 Å². The molecule has 2 aromatic carbocycles. The monoisotopic (exact) mass is 409 g/mol. The highest BCUT2D eigenvalue weighted by Gasteiger charge is 2.36. The maximum Gasteiger partial charge on any atom is 0.264 e. The van der Waals surface area contributed by atoms with Crippen LogP contribution < -0.4 is 5.32 Å². The summed E-state index contributed by atoms with van der Waals surface area (Å²) in [6, 6.07) is 16.2. The molecular weight excluding hydrogens is 382 g/mol. The molecule has 0 radical (unpaired) electrons. The Hall–Kier alpha value is -2.17. The molecule has 1 N–H and O–H groups in total. The maximum atomic E-state index is 13.3. The zero-order valence-electron chi connectivity index (χ0n) is 17.1. The molecule has 0 saturated heterocycles. The summed E-state index contributed by atoms with van der Waals surface area (Å²) in [5, 5.41) is 3.75. The van der Waals surface area contributed by atoms with Crippen molar-refractivity contribution < 1.29 is 4.79 Å². The number of benzodiazepines with no additional fused rings is 1. The van der Waals surface area contributed by atoms with Gasteiger partial charge in [0.25, 0.3) is 5.91 Å². The molecule has 1 saturated carbocycles. The summed E-state index contributed by atoms with van der Waals surface area (Å²) < 4.78 is 0. The van der Waals surface area contributed by atoms with Gasteiger partial charge >= 0.3 is 0 Å². The van der Waals surface area contributed by atoms with Crippen LogP contribution in [0.4, 0.5) is 5.69 Å². The normalized spacial score (nSPS) is 20.2. The van der Waals surface area contributed by atoms with Gasteiger partial charge in [-0.2, -0.15) is 0 Å². The molecule has 2 aliphatic rings. The van der Waals surface area contributed by atoms with Crippen molar-refractivity contribution in [1.82, 2.24) is 4.90 Å². The number of nitrogens with zero attached hydrogens (tertiary/aromatic N) is 2. The molecule has 4 nitrogen and oxygen atoms in total. The van der Waals surface area contributed by atoms with Crippen molar-refractivity contribution >= 4 is 28.9 Å². The minimum atomic E-state index is -0.556. The minimum Gasteiger partial charge on any atom is -0.322 e. The number of carbonyl (C=O) groups is 1. The summed E-state index contributed by atoms with van der Waals surface area (Å²) in [6.07, 6.45) is 5.40. The summed E-state index contributed by atoms with van der Waals surface area (Å²) >= 11 is 6.31. The van der Waals surface area contributed by atoms with Crippen LogP contribution in [0.15, 0.2) is 53.5 Å². The highest BCUT2D eigenvalue weighted by atomic mass is 35.5. The van der Waals surface area contributed by atoms with Gasteiger partial charge in [-0.1, -0.05) is 61.2 Å². The summed E-state index contributed by atoms with van der Waals surface area (Å²) in [4.78, 5) is 20.7. The minimum absolute atomic E-state index is 0.0706. The number of benzene rings is 2. The van der Waals surface area contributed by atoms with Gasteiger partial charge in [-0.15, -0.1) is 0 Å². The number of hydrogen-bond donors (Lipinski definition) is 1. The zero-order valence-corrected chi connectivity index (χ0v) is 17.8.